The molecule has 0 amide bonds. The fourth-order valence-corrected chi connectivity index (χ4v) is 3.79. The second-order valence-electron chi connectivity index (χ2n) is 7.02. The molecule has 0 radical (unpaired) electrons. The lowest BCUT2D eigenvalue weighted by Crippen LogP contribution is -2.37. The largest absolute Gasteiger partial charge is 0.300 e. The second kappa shape index (κ2) is 11.9. The quantitative estimate of drug-likeness (QED) is 0.594. The van der Waals surface area contributed by atoms with Crippen LogP contribution in [0, 0.1) is 0 Å². The SMILES string of the molecule is C1=NCCCN(C2CCC/C=C\CCCCC2)CCCCC1. The third-order valence-electron chi connectivity index (χ3n) is 5.14. The molecule has 1 unspecified atom stereocenters. The minimum Gasteiger partial charge on any atom is -0.300 e. The first-order valence-corrected chi connectivity index (χ1v) is 9.84. The van der Waals surface area contributed by atoms with Crippen molar-refractivity contribution in [2.75, 3.05) is 19.6 Å². The van der Waals surface area contributed by atoms with Crippen molar-refractivity contribution >= 4 is 6.21 Å². The Hall–Kier alpha value is -0.630. The molecular weight excluding hydrogens is 268 g/mol. The van der Waals surface area contributed by atoms with Gasteiger partial charge in [0.2, 0.25) is 0 Å². The summed E-state index contributed by atoms with van der Waals surface area (Å²) in [6, 6.07) is 0.830. The van der Waals surface area contributed by atoms with Gasteiger partial charge in [-0.1, -0.05) is 31.4 Å². The molecule has 1 aliphatic heterocycles. The van der Waals surface area contributed by atoms with Crippen LogP contribution >= 0.6 is 0 Å². The van der Waals surface area contributed by atoms with Crippen LogP contribution in [0.3, 0.4) is 0 Å². The zero-order chi connectivity index (χ0) is 15.3. The molecule has 0 aromatic rings. The predicted molar refractivity (Wildman–Crippen MR) is 97.9 cm³/mol. The lowest BCUT2D eigenvalue weighted by atomic mass is 10.00. The van der Waals surface area contributed by atoms with Gasteiger partial charge >= 0.3 is 0 Å². The summed E-state index contributed by atoms with van der Waals surface area (Å²) in [6.07, 6.45) is 24.5. The summed E-state index contributed by atoms with van der Waals surface area (Å²) < 4.78 is 0. The summed E-state index contributed by atoms with van der Waals surface area (Å²) in [4.78, 5) is 7.39. The smallest absolute Gasteiger partial charge is 0.0397 e. The van der Waals surface area contributed by atoms with Gasteiger partial charge in [0.25, 0.3) is 0 Å². The van der Waals surface area contributed by atoms with Gasteiger partial charge in [-0.05, 0) is 77.0 Å². The highest BCUT2D eigenvalue weighted by Crippen LogP contribution is 2.20. The van der Waals surface area contributed by atoms with Gasteiger partial charge in [0.15, 0.2) is 0 Å². The average molecular weight is 305 g/mol. The Morgan fingerprint density at radius 1 is 0.682 bits per heavy atom. The van der Waals surface area contributed by atoms with Crippen molar-refractivity contribution in [2.45, 2.75) is 89.5 Å². The van der Waals surface area contributed by atoms with Crippen LogP contribution in [0.1, 0.15) is 83.5 Å². The van der Waals surface area contributed by atoms with Crippen LogP contribution in [0.5, 0.6) is 0 Å². The van der Waals surface area contributed by atoms with Crippen molar-refractivity contribution in [1.29, 1.82) is 0 Å². The van der Waals surface area contributed by atoms with E-state index in [1.807, 2.05) is 0 Å². The molecule has 0 aromatic carbocycles. The van der Waals surface area contributed by atoms with Gasteiger partial charge < -0.3 is 4.90 Å². The molecular formula is C20H36N2. The van der Waals surface area contributed by atoms with E-state index in [4.69, 9.17) is 0 Å². The molecule has 2 aliphatic rings. The minimum atomic E-state index is 0.830. The average Bonchev–Trinajstić information content (AvgIpc) is 2.64. The first kappa shape index (κ1) is 17.7. The molecule has 0 saturated carbocycles. The van der Waals surface area contributed by atoms with Crippen molar-refractivity contribution in [3.8, 4) is 0 Å². The Labute approximate surface area is 138 Å². The van der Waals surface area contributed by atoms with Crippen LogP contribution in [0.25, 0.3) is 0 Å². The Bertz CT molecular complexity index is 290. The molecule has 0 bridgehead atoms. The molecule has 0 aromatic heterocycles. The highest BCUT2D eigenvalue weighted by molar-refractivity contribution is 5.56. The van der Waals surface area contributed by atoms with E-state index in [0.717, 1.165) is 12.6 Å². The predicted octanol–water partition coefficient (Wildman–Crippen LogP) is 5.38. The monoisotopic (exact) mass is 304 g/mol. The lowest BCUT2D eigenvalue weighted by Gasteiger charge is -2.32. The maximum atomic E-state index is 4.57. The molecule has 1 atom stereocenters. The molecule has 1 heterocycles. The van der Waals surface area contributed by atoms with Crippen molar-refractivity contribution in [3.63, 3.8) is 0 Å². The zero-order valence-electron chi connectivity index (χ0n) is 14.5. The van der Waals surface area contributed by atoms with Crippen molar-refractivity contribution < 1.29 is 0 Å². The molecule has 0 saturated heterocycles. The summed E-state index contributed by atoms with van der Waals surface area (Å²) in [5.74, 6) is 0. The van der Waals surface area contributed by atoms with Crippen LogP contribution in [-0.2, 0) is 0 Å². The van der Waals surface area contributed by atoms with Crippen LogP contribution in [-0.4, -0.2) is 36.8 Å². The summed E-state index contributed by atoms with van der Waals surface area (Å²) >= 11 is 0. The number of hydrogen-bond donors (Lipinski definition) is 0. The summed E-state index contributed by atoms with van der Waals surface area (Å²) in [6.45, 7) is 3.62. The summed E-state index contributed by atoms with van der Waals surface area (Å²) in [5, 5.41) is 0. The Balaban J connectivity index is 1.87. The van der Waals surface area contributed by atoms with Gasteiger partial charge in [-0.15, -0.1) is 0 Å². The van der Waals surface area contributed by atoms with Crippen molar-refractivity contribution in [2.24, 2.45) is 4.99 Å². The van der Waals surface area contributed by atoms with Crippen molar-refractivity contribution in [3.05, 3.63) is 12.2 Å². The number of nitrogens with zero attached hydrogens (tertiary/aromatic N) is 2. The molecule has 0 N–H and O–H groups in total. The maximum absolute atomic E-state index is 4.57. The minimum absolute atomic E-state index is 0.830. The van der Waals surface area contributed by atoms with Gasteiger partial charge in [-0.2, -0.15) is 0 Å². The van der Waals surface area contributed by atoms with Crippen LogP contribution < -0.4 is 0 Å². The fraction of sp³-hybridized carbons (Fsp3) is 0.850. The van der Waals surface area contributed by atoms with E-state index in [1.165, 1.54) is 96.6 Å². The van der Waals surface area contributed by atoms with Gasteiger partial charge in [0, 0.05) is 19.1 Å². The number of rotatable bonds is 1. The molecule has 126 valence electrons. The van der Waals surface area contributed by atoms with Gasteiger partial charge in [-0.3, -0.25) is 4.99 Å². The number of allylic oxidation sites excluding steroid dienone is 2. The van der Waals surface area contributed by atoms with E-state index >= 15 is 0 Å². The number of aliphatic imine (C=N–C) groups is 1. The third kappa shape index (κ3) is 7.58. The first-order valence-electron chi connectivity index (χ1n) is 9.84. The normalized spacial score (nSPS) is 29.2. The summed E-state index contributed by atoms with van der Waals surface area (Å²) in [7, 11) is 0. The van der Waals surface area contributed by atoms with E-state index in [9.17, 15) is 0 Å². The standard InChI is InChI=1S/C20H36N2/c1-2-4-6-10-15-20(14-9-5-3-1)22-18-12-8-7-11-16-21-17-13-19-22/h1,3,16,20H,2,4-15,17-19H2/b3-1-,21-16?. The third-order valence-corrected chi connectivity index (χ3v) is 5.14. The highest BCUT2D eigenvalue weighted by atomic mass is 15.1. The highest BCUT2D eigenvalue weighted by Gasteiger charge is 2.17. The fourth-order valence-electron chi connectivity index (χ4n) is 3.79. The van der Waals surface area contributed by atoms with Crippen LogP contribution in [0.4, 0.5) is 0 Å². The van der Waals surface area contributed by atoms with E-state index in [1.54, 1.807) is 0 Å². The molecule has 2 rings (SSSR count). The zero-order valence-corrected chi connectivity index (χ0v) is 14.5. The van der Waals surface area contributed by atoms with E-state index < -0.39 is 0 Å². The van der Waals surface area contributed by atoms with Crippen molar-refractivity contribution in [1.82, 2.24) is 4.90 Å². The first-order chi connectivity index (χ1) is 11.0. The molecule has 22 heavy (non-hydrogen) atoms. The van der Waals surface area contributed by atoms with E-state index in [2.05, 4.69) is 28.3 Å². The second-order valence-corrected chi connectivity index (χ2v) is 7.02. The topological polar surface area (TPSA) is 15.6 Å². The molecule has 2 heteroatoms. The number of hydrogen-bond acceptors (Lipinski definition) is 2. The lowest BCUT2D eigenvalue weighted by molar-refractivity contribution is 0.167. The Morgan fingerprint density at radius 2 is 1.41 bits per heavy atom. The van der Waals surface area contributed by atoms with E-state index in [-0.39, 0.29) is 0 Å². The van der Waals surface area contributed by atoms with Crippen LogP contribution in [0.2, 0.25) is 0 Å². The van der Waals surface area contributed by atoms with Gasteiger partial charge in [0.05, 0.1) is 0 Å². The maximum Gasteiger partial charge on any atom is 0.0397 e. The molecule has 2 nitrogen and oxygen atoms in total. The van der Waals surface area contributed by atoms with Gasteiger partial charge in [-0.25, -0.2) is 0 Å². The summed E-state index contributed by atoms with van der Waals surface area (Å²) in [5.41, 5.74) is 0. The van der Waals surface area contributed by atoms with Crippen LogP contribution in [0.15, 0.2) is 17.1 Å². The Morgan fingerprint density at radius 3 is 2.36 bits per heavy atom. The molecule has 0 spiro atoms. The molecule has 1 aliphatic carbocycles. The van der Waals surface area contributed by atoms with Gasteiger partial charge in [0.1, 0.15) is 0 Å². The molecule has 0 fully saturated rings. The Kier molecular flexibility index (Phi) is 9.56. The van der Waals surface area contributed by atoms with E-state index in [0.29, 0.717) is 0 Å².